The molecule has 0 spiro atoms. The molecule has 0 saturated carbocycles. The van der Waals surface area contributed by atoms with Gasteiger partial charge >= 0.3 is 0 Å². The van der Waals surface area contributed by atoms with E-state index in [-0.39, 0.29) is 0 Å². The van der Waals surface area contributed by atoms with Crippen molar-refractivity contribution >= 4 is 27.5 Å². The molecule has 0 bridgehead atoms. The molecule has 20 heavy (non-hydrogen) atoms. The minimum atomic E-state index is 0.428. The molecular weight excluding hydrogens is 342 g/mol. The number of hydrogen-bond donors (Lipinski definition) is 0. The average Bonchev–Trinajstić information content (AvgIpc) is 2.45. The molecule has 1 heterocycles. The number of benzene rings is 1. The molecule has 0 radical (unpaired) electrons. The highest BCUT2D eigenvalue weighted by molar-refractivity contribution is 9.10. The largest absolute Gasteiger partial charge is 0.493 e. The van der Waals surface area contributed by atoms with Crippen molar-refractivity contribution in [3.05, 3.63) is 51.8 Å². The molecule has 5 heteroatoms. The van der Waals surface area contributed by atoms with Crippen LogP contribution in [-0.4, -0.2) is 12.1 Å². The van der Waals surface area contributed by atoms with Crippen LogP contribution >= 0.6 is 27.5 Å². The minimum absolute atomic E-state index is 0.428. The highest BCUT2D eigenvalue weighted by atomic mass is 79.9. The Morgan fingerprint density at radius 2 is 2.00 bits per heavy atom. The molecule has 0 atom stereocenters. The Labute approximate surface area is 132 Å². The number of rotatable bonds is 5. The molecule has 1 aromatic heterocycles. The Morgan fingerprint density at radius 1 is 1.20 bits per heavy atom. The Bertz CT molecular complexity index is 604. The zero-order chi connectivity index (χ0) is 14.5. The van der Waals surface area contributed by atoms with Gasteiger partial charge in [0.15, 0.2) is 11.5 Å². The lowest BCUT2D eigenvalue weighted by Gasteiger charge is -2.14. The fourth-order valence-electron chi connectivity index (χ4n) is 1.84. The van der Waals surface area contributed by atoms with Crippen LogP contribution in [0.25, 0.3) is 0 Å². The summed E-state index contributed by atoms with van der Waals surface area (Å²) < 4.78 is 12.0. The average molecular weight is 357 g/mol. The van der Waals surface area contributed by atoms with E-state index < -0.39 is 0 Å². The third-order valence-corrected chi connectivity index (χ3v) is 3.66. The molecule has 3 nitrogen and oxygen atoms in total. The Kier molecular flexibility index (Phi) is 5.26. The first-order chi connectivity index (χ1) is 9.63. The van der Waals surface area contributed by atoms with Crippen LogP contribution in [0.15, 0.2) is 35.1 Å². The van der Waals surface area contributed by atoms with Gasteiger partial charge < -0.3 is 9.47 Å². The Morgan fingerprint density at radius 3 is 2.65 bits per heavy atom. The number of methoxy groups -OCH3 is 1. The summed E-state index contributed by atoms with van der Waals surface area (Å²) in [6.45, 7) is 2.44. The van der Waals surface area contributed by atoms with Gasteiger partial charge in [-0.1, -0.05) is 0 Å². The van der Waals surface area contributed by atoms with Gasteiger partial charge in [0.2, 0.25) is 0 Å². The van der Waals surface area contributed by atoms with Crippen molar-refractivity contribution in [3.63, 3.8) is 0 Å². The fraction of sp³-hybridized carbons (Fsp3) is 0.267. The molecule has 0 unspecified atom stereocenters. The highest BCUT2D eigenvalue weighted by Crippen LogP contribution is 2.37. The predicted octanol–water partition coefficient (Wildman–Crippen LogP) is 4.48. The van der Waals surface area contributed by atoms with Crippen LogP contribution < -0.4 is 9.47 Å². The van der Waals surface area contributed by atoms with Gasteiger partial charge in [-0.15, -0.1) is 11.6 Å². The van der Waals surface area contributed by atoms with Crippen molar-refractivity contribution in [2.24, 2.45) is 0 Å². The summed E-state index contributed by atoms with van der Waals surface area (Å²) in [4.78, 5) is 4.15. The van der Waals surface area contributed by atoms with Gasteiger partial charge in [-0.25, -0.2) is 0 Å². The second-order valence-corrected chi connectivity index (χ2v) is 5.52. The van der Waals surface area contributed by atoms with Crippen molar-refractivity contribution in [1.29, 1.82) is 0 Å². The first-order valence-electron chi connectivity index (χ1n) is 6.09. The monoisotopic (exact) mass is 355 g/mol. The minimum Gasteiger partial charge on any atom is -0.493 e. The van der Waals surface area contributed by atoms with E-state index in [1.54, 1.807) is 13.3 Å². The summed E-state index contributed by atoms with van der Waals surface area (Å²) in [5, 5.41) is 0. The SMILES string of the molecule is COc1cc(CCl)cc(Br)c1OCc1cncc(C)c1. The van der Waals surface area contributed by atoms with Gasteiger partial charge in [-0.3, -0.25) is 4.98 Å². The van der Waals surface area contributed by atoms with Crippen molar-refractivity contribution in [2.75, 3.05) is 7.11 Å². The van der Waals surface area contributed by atoms with Crippen molar-refractivity contribution in [3.8, 4) is 11.5 Å². The molecule has 1 aromatic carbocycles. The lowest BCUT2D eigenvalue weighted by Crippen LogP contribution is -2.00. The number of aryl methyl sites for hydroxylation is 1. The maximum Gasteiger partial charge on any atom is 0.175 e. The Balaban J connectivity index is 2.20. The van der Waals surface area contributed by atoms with Crippen LogP contribution in [0.2, 0.25) is 0 Å². The van der Waals surface area contributed by atoms with Gasteiger partial charge in [-0.05, 0) is 52.2 Å². The second-order valence-electron chi connectivity index (χ2n) is 4.40. The predicted molar refractivity (Wildman–Crippen MR) is 83.6 cm³/mol. The highest BCUT2D eigenvalue weighted by Gasteiger charge is 2.11. The van der Waals surface area contributed by atoms with Crippen LogP contribution in [0, 0.1) is 6.92 Å². The number of pyridine rings is 1. The fourth-order valence-corrected chi connectivity index (χ4v) is 2.60. The van der Waals surface area contributed by atoms with Crippen molar-refractivity contribution in [2.45, 2.75) is 19.4 Å². The topological polar surface area (TPSA) is 31.4 Å². The summed E-state index contributed by atoms with van der Waals surface area (Å²) in [7, 11) is 1.61. The summed E-state index contributed by atoms with van der Waals surface area (Å²) in [5.74, 6) is 1.76. The van der Waals surface area contributed by atoms with Crippen LogP contribution in [0.4, 0.5) is 0 Å². The van der Waals surface area contributed by atoms with Gasteiger partial charge in [0, 0.05) is 23.8 Å². The summed E-state index contributed by atoms with van der Waals surface area (Å²) in [6.07, 6.45) is 3.61. The number of hydrogen-bond acceptors (Lipinski definition) is 3. The van der Waals surface area contributed by atoms with E-state index in [2.05, 4.69) is 20.9 Å². The number of nitrogens with zero attached hydrogens (tertiary/aromatic N) is 1. The lowest BCUT2D eigenvalue weighted by atomic mass is 10.2. The molecule has 2 aromatic rings. The lowest BCUT2D eigenvalue weighted by molar-refractivity contribution is 0.282. The van der Waals surface area contributed by atoms with Crippen LogP contribution in [0.3, 0.4) is 0 Å². The molecule has 106 valence electrons. The van der Waals surface area contributed by atoms with Crippen LogP contribution in [-0.2, 0) is 12.5 Å². The second kappa shape index (κ2) is 6.95. The first-order valence-corrected chi connectivity index (χ1v) is 7.42. The maximum absolute atomic E-state index is 5.85. The van der Waals surface area contributed by atoms with Crippen molar-refractivity contribution in [1.82, 2.24) is 4.98 Å². The number of alkyl halides is 1. The van der Waals surface area contributed by atoms with Crippen LogP contribution in [0.1, 0.15) is 16.7 Å². The molecule has 0 aliphatic rings. The third kappa shape index (κ3) is 3.64. The van der Waals surface area contributed by atoms with E-state index >= 15 is 0 Å². The third-order valence-electron chi connectivity index (χ3n) is 2.76. The molecule has 0 amide bonds. The van der Waals surface area contributed by atoms with E-state index in [4.69, 9.17) is 21.1 Å². The number of ether oxygens (including phenoxy) is 2. The van der Waals surface area contributed by atoms with E-state index in [0.29, 0.717) is 24.0 Å². The molecule has 0 saturated heterocycles. The standard InChI is InChI=1S/C15H15BrClNO2/c1-10-3-12(8-18-7-10)9-20-15-13(16)4-11(6-17)5-14(15)19-2/h3-5,7-8H,6,9H2,1-2H3. The number of halogens is 2. The molecule has 2 rings (SSSR count). The molecular formula is C15H15BrClNO2. The van der Waals surface area contributed by atoms with Crippen LogP contribution in [0.5, 0.6) is 11.5 Å². The zero-order valence-electron chi connectivity index (χ0n) is 11.3. The molecule has 0 N–H and O–H groups in total. The van der Waals surface area contributed by atoms with Gasteiger partial charge in [0.25, 0.3) is 0 Å². The van der Waals surface area contributed by atoms with E-state index in [9.17, 15) is 0 Å². The quantitative estimate of drug-likeness (QED) is 0.740. The number of aromatic nitrogens is 1. The summed E-state index contributed by atoms with van der Waals surface area (Å²) in [5.41, 5.74) is 3.09. The molecule has 0 aliphatic heterocycles. The van der Waals surface area contributed by atoms with Gasteiger partial charge in [0.1, 0.15) is 6.61 Å². The zero-order valence-corrected chi connectivity index (χ0v) is 13.7. The first kappa shape index (κ1) is 15.1. The van der Waals surface area contributed by atoms with E-state index in [0.717, 1.165) is 21.2 Å². The normalized spacial score (nSPS) is 10.4. The molecule has 0 fully saturated rings. The smallest absolute Gasteiger partial charge is 0.175 e. The van der Waals surface area contributed by atoms with Gasteiger partial charge in [0.05, 0.1) is 11.6 Å². The van der Waals surface area contributed by atoms with E-state index in [1.165, 1.54) is 0 Å². The summed E-state index contributed by atoms with van der Waals surface area (Å²) in [6, 6.07) is 5.85. The van der Waals surface area contributed by atoms with Crippen molar-refractivity contribution < 1.29 is 9.47 Å². The summed E-state index contributed by atoms with van der Waals surface area (Å²) >= 11 is 9.33. The maximum atomic E-state index is 5.85. The van der Waals surface area contributed by atoms with E-state index in [1.807, 2.05) is 31.3 Å². The molecule has 0 aliphatic carbocycles. The Hall–Kier alpha value is -1.26. The van der Waals surface area contributed by atoms with Gasteiger partial charge in [-0.2, -0.15) is 0 Å².